The third kappa shape index (κ3) is 2.68. The lowest BCUT2D eigenvalue weighted by Crippen LogP contribution is -2.21. The van der Waals surface area contributed by atoms with Crippen molar-refractivity contribution < 1.29 is 13.9 Å². The zero-order valence-electron chi connectivity index (χ0n) is 9.59. The summed E-state index contributed by atoms with van der Waals surface area (Å²) in [4.78, 5) is 4.00. The molecule has 98 valence electrons. The number of halogens is 3. The minimum atomic E-state index is -3.31. The van der Waals surface area contributed by atoms with Crippen LogP contribution in [0.2, 0.25) is 5.02 Å². The Bertz CT molecular complexity index is 477. The minimum absolute atomic E-state index is 0.189. The first-order chi connectivity index (χ1) is 8.54. The molecular weight excluding hydrogens is 262 g/mol. The number of alkyl halides is 2. The van der Waals surface area contributed by atoms with Crippen molar-refractivity contribution in [1.29, 1.82) is 0 Å². The summed E-state index contributed by atoms with van der Waals surface area (Å²) in [7, 11) is 0. The van der Waals surface area contributed by atoms with Gasteiger partial charge in [0.25, 0.3) is 5.92 Å². The SMILES string of the molecule is OCC(F)(F)c1cnc(C2=CCNCC2)c(Cl)c1. The van der Waals surface area contributed by atoms with Gasteiger partial charge in [-0.15, -0.1) is 0 Å². The lowest BCUT2D eigenvalue weighted by atomic mass is 10.0. The highest BCUT2D eigenvalue weighted by molar-refractivity contribution is 6.32. The molecule has 0 aromatic carbocycles. The van der Waals surface area contributed by atoms with E-state index in [0.717, 1.165) is 31.3 Å². The average molecular weight is 275 g/mol. The maximum absolute atomic E-state index is 13.3. The largest absolute Gasteiger partial charge is 0.390 e. The van der Waals surface area contributed by atoms with E-state index in [-0.39, 0.29) is 10.6 Å². The number of hydrogen-bond donors (Lipinski definition) is 2. The van der Waals surface area contributed by atoms with Crippen LogP contribution in [0.15, 0.2) is 18.3 Å². The molecule has 0 fully saturated rings. The van der Waals surface area contributed by atoms with E-state index in [2.05, 4.69) is 10.3 Å². The number of aliphatic hydroxyl groups excluding tert-OH is 1. The van der Waals surface area contributed by atoms with E-state index in [1.165, 1.54) is 6.07 Å². The zero-order valence-corrected chi connectivity index (χ0v) is 10.3. The Morgan fingerprint density at radius 1 is 1.50 bits per heavy atom. The van der Waals surface area contributed by atoms with Crippen molar-refractivity contribution in [3.63, 3.8) is 0 Å². The molecule has 3 nitrogen and oxygen atoms in total. The standard InChI is InChI=1S/C12H13ClF2N2O/c13-10-5-9(12(14,15)7-18)6-17-11(10)8-1-3-16-4-2-8/h1,5-6,16,18H,2-4,7H2. The summed E-state index contributed by atoms with van der Waals surface area (Å²) in [6.07, 6.45) is 3.78. The van der Waals surface area contributed by atoms with Crippen LogP contribution in [0.4, 0.5) is 8.78 Å². The predicted octanol–water partition coefficient (Wildman–Crippen LogP) is 2.20. The Morgan fingerprint density at radius 2 is 2.28 bits per heavy atom. The van der Waals surface area contributed by atoms with Crippen molar-refractivity contribution in [1.82, 2.24) is 10.3 Å². The van der Waals surface area contributed by atoms with Gasteiger partial charge in [-0.2, -0.15) is 8.78 Å². The van der Waals surface area contributed by atoms with Crippen LogP contribution >= 0.6 is 11.6 Å². The van der Waals surface area contributed by atoms with Crippen molar-refractivity contribution in [2.24, 2.45) is 0 Å². The van der Waals surface area contributed by atoms with Crippen molar-refractivity contribution in [3.05, 3.63) is 34.6 Å². The number of pyridine rings is 1. The molecule has 0 bridgehead atoms. The maximum atomic E-state index is 13.3. The molecule has 0 saturated heterocycles. The topological polar surface area (TPSA) is 45.2 Å². The Labute approximate surface area is 108 Å². The summed E-state index contributed by atoms with van der Waals surface area (Å²) in [6.45, 7) is 0.289. The summed E-state index contributed by atoms with van der Waals surface area (Å²) in [6, 6.07) is 1.17. The second-order valence-electron chi connectivity index (χ2n) is 4.10. The quantitative estimate of drug-likeness (QED) is 0.888. The molecule has 18 heavy (non-hydrogen) atoms. The van der Waals surface area contributed by atoms with Gasteiger partial charge in [0, 0.05) is 18.3 Å². The van der Waals surface area contributed by atoms with Gasteiger partial charge in [-0.1, -0.05) is 17.7 Å². The molecule has 6 heteroatoms. The maximum Gasteiger partial charge on any atom is 0.297 e. The smallest absolute Gasteiger partial charge is 0.297 e. The minimum Gasteiger partial charge on any atom is -0.390 e. The van der Waals surface area contributed by atoms with Gasteiger partial charge in [-0.05, 0) is 24.6 Å². The molecule has 2 rings (SSSR count). The van der Waals surface area contributed by atoms with E-state index in [4.69, 9.17) is 16.7 Å². The number of nitrogens with one attached hydrogen (secondary N) is 1. The summed E-state index contributed by atoms with van der Waals surface area (Å²) >= 11 is 5.99. The fourth-order valence-corrected chi connectivity index (χ4v) is 2.09. The molecule has 1 aliphatic heterocycles. The van der Waals surface area contributed by atoms with E-state index >= 15 is 0 Å². The lowest BCUT2D eigenvalue weighted by molar-refractivity contribution is -0.0558. The fourth-order valence-electron chi connectivity index (χ4n) is 1.80. The number of hydrogen-bond acceptors (Lipinski definition) is 3. The molecule has 0 unspecified atom stereocenters. The Kier molecular flexibility index (Phi) is 3.94. The second kappa shape index (κ2) is 5.30. The first-order valence-electron chi connectivity index (χ1n) is 5.59. The molecule has 1 aromatic heterocycles. The normalized spacial score (nSPS) is 16.6. The van der Waals surface area contributed by atoms with E-state index in [1.807, 2.05) is 6.08 Å². The second-order valence-corrected chi connectivity index (χ2v) is 4.51. The summed E-state index contributed by atoms with van der Waals surface area (Å²) in [5, 5.41) is 12.0. The van der Waals surface area contributed by atoms with Gasteiger partial charge < -0.3 is 10.4 Å². The van der Waals surface area contributed by atoms with Crippen LogP contribution in [-0.4, -0.2) is 29.8 Å². The molecule has 1 aromatic rings. The Balaban J connectivity index is 2.33. The molecule has 0 spiro atoms. The van der Waals surface area contributed by atoms with E-state index in [1.54, 1.807) is 0 Å². The molecule has 0 amide bonds. The number of aliphatic hydroxyl groups is 1. The van der Waals surface area contributed by atoms with Crippen LogP contribution in [0.1, 0.15) is 17.7 Å². The molecular formula is C12H13ClF2N2O. The summed E-state index contributed by atoms with van der Waals surface area (Å²) < 4.78 is 26.5. The number of nitrogens with zero attached hydrogens (tertiary/aromatic N) is 1. The van der Waals surface area contributed by atoms with Crippen LogP contribution < -0.4 is 5.32 Å². The van der Waals surface area contributed by atoms with Crippen LogP contribution in [0.25, 0.3) is 5.57 Å². The zero-order chi connectivity index (χ0) is 13.2. The van der Waals surface area contributed by atoms with Gasteiger partial charge in [0.05, 0.1) is 10.7 Å². The Morgan fingerprint density at radius 3 is 2.83 bits per heavy atom. The molecule has 2 N–H and O–H groups in total. The average Bonchev–Trinajstić information content (AvgIpc) is 2.39. The van der Waals surface area contributed by atoms with Crippen molar-refractivity contribution in [3.8, 4) is 0 Å². The highest BCUT2D eigenvalue weighted by atomic mass is 35.5. The predicted molar refractivity (Wildman–Crippen MR) is 65.7 cm³/mol. The first-order valence-corrected chi connectivity index (χ1v) is 5.97. The van der Waals surface area contributed by atoms with E-state index in [9.17, 15) is 8.78 Å². The molecule has 0 atom stereocenters. The van der Waals surface area contributed by atoms with Gasteiger partial charge in [-0.25, -0.2) is 0 Å². The molecule has 2 heterocycles. The van der Waals surface area contributed by atoms with Crippen LogP contribution in [0.3, 0.4) is 0 Å². The van der Waals surface area contributed by atoms with Crippen molar-refractivity contribution in [2.45, 2.75) is 12.3 Å². The summed E-state index contributed by atoms with van der Waals surface area (Å²) in [5.74, 6) is -3.31. The van der Waals surface area contributed by atoms with E-state index < -0.39 is 12.5 Å². The van der Waals surface area contributed by atoms with Crippen LogP contribution in [0, 0.1) is 0 Å². The highest BCUT2D eigenvalue weighted by Gasteiger charge is 2.31. The molecule has 0 radical (unpaired) electrons. The van der Waals surface area contributed by atoms with Gasteiger partial charge in [0.1, 0.15) is 6.61 Å². The van der Waals surface area contributed by atoms with Crippen molar-refractivity contribution in [2.75, 3.05) is 19.7 Å². The number of aromatic nitrogens is 1. The summed E-state index contributed by atoms with van der Waals surface area (Å²) in [5.41, 5.74) is 1.13. The van der Waals surface area contributed by atoms with Crippen LogP contribution in [0.5, 0.6) is 0 Å². The monoisotopic (exact) mass is 274 g/mol. The van der Waals surface area contributed by atoms with Gasteiger partial charge in [0.2, 0.25) is 0 Å². The van der Waals surface area contributed by atoms with Crippen LogP contribution in [-0.2, 0) is 5.92 Å². The van der Waals surface area contributed by atoms with Gasteiger partial charge in [0.15, 0.2) is 0 Å². The van der Waals surface area contributed by atoms with Gasteiger partial charge in [-0.3, -0.25) is 4.98 Å². The third-order valence-corrected chi connectivity index (χ3v) is 3.12. The first kappa shape index (κ1) is 13.4. The fraction of sp³-hybridized carbons (Fsp3) is 0.417. The third-order valence-electron chi connectivity index (χ3n) is 2.83. The number of rotatable bonds is 3. The molecule has 0 aliphatic carbocycles. The van der Waals surface area contributed by atoms with E-state index in [0.29, 0.717) is 5.69 Å². The molecule has 1 aliphatic rings. The lowest BCUT2D eigenvalue weighted by Gasteiger charge is -2.17. The molecule has 0 saturated carbocycles. The van der Waals surface area contributed by atoms with Crippen molar-refractivity contribution >= 4 is 17.2 Å². The van der Waals surface area contributed by atoms with Gasteiger partial charge >= 0.3 is 0 Å². The highest BCUT2D eigenvalue weighted by Crippen LogP contribution is 2.32. The Hall–Kier alpha value is -1.04.